The number of carbonyl (C=O) groups excluding carboxylic acids is 1. The first kappa shape index (κ1) is 13.2. The van der Waals surface area contributed by atoms with E-state index in [0.29, 0.717) is 5.56 Å². The summed E-state index contributed by atoms with van der Waals surface area (Å²) >= 11 is 0. The average molecular weight is 256 g/mol. The standard InChI is InChI=1S/C15H16N2O2/c1-11-4-6-12(7-5-11)14(18)10-17-15(19)13-3-2-8-16-9-13/h2-9,14,18H,10H2,1H3,(H,17,19). The van der Waals surface area contributed by atoms with Gasteiger partial charge in [0.25, 0.3) is 5.91 Å². The number of nitrogens with zero attached hydrogens (tertiary/aromatic N) is 1. The Bertz CT molecular complexity index is 538. The molecule has 2 aromatic rings. The Labute approximate surface area is 112 Å². The van der Waals surface area contributed by atoms with Gasteiger partial charge < -0.3 is 10.4 Å². The number of aryl methyl sites for hydroxylation is 1. The van der Waals surface area contributed by atoms with Crippen molar-refractivity contribution in [3.63, 3.8) is 0 Å². The number of amides is 1. The molecule has 4 heteroatoms. The lowest BCUT2D eigenvalue weighted by atomic mass is 10.1. The van der Waals surface area contributed by atoms with E-state index < -0.39 is 6.10 Å². The molecule has 1 aromatic heterocycles. The fourth-order valence-electron chi connectivity index (χ4n) is 1.69. The van der Waals surface area contributed by atoms with Gasteiger partial charge in [0.05, 0.1) is 11.7 Å². The first-order valence-corrected chi connectivity index (χ1v) is 6.09. The topological polar surface area (TPSA) is 62.2 Å². The van der Waals surface area contributed by atoms with Gasteiger partial charge in [-0.25, -0.2) is 0 Å². The Morgan fingerprint density at radius 3 is 2.68 bits per heavy atom. The molecule has 0 spiro atoms. The largest absolute Gasteiger partial charge is 0.387 e. The molecule has 1 atom stereocenters. The van der Waals surface area contributed by atoms with Gasteiger partial charge in [-0.15, -0.1) is 0 Å². The third-order valence-corrected chi connectivity index (χ3v) is 2.84. The van der Waals surface area contributed by atoms with Gasteiger partial charge in [-0.05, 0) is 24.6 Å². The Balaban J connectivity index is 1.92. The molecule has 0 saturated heterocycles. The summed E-state index contributed by atoms with van der Waals surface area (Å²) in [5, 5.41) is 12.7. The van der Waals surface area contributed by atoms with Gasteiger partial charge in [0.15, 0.2) is 0 Å². The zero-order chi connectivity index (χ0) is 13.7. The Hall–Kier alpha value is -2.20. The number of aromatic nitrogens is 1. The maximum absolute atomic E-state index is 11.8. The predicted octanol–water partition coefficient (Wildman–Crippen LogP) is 1.85. The van der Waals surface area contributed by atoms with Gasteiger partial charge in [-0.3, -0.25) is 9.78 Å². The summed E-state index contributed by atoms with van der Waals surface area (Å²) < 4.78 is 0. The first-order chi connectivity index (χ1) is 9.16. The van der Waals surface area contributed by atoms with Crippen molar-refractivity contribution in [1.29, 1.82) is 0 Å². The summed E-state index contributed by atoms with van der Waals surface area (Å²) in [5.74, 6) is -0.237. The second-order valence-electron chi connectivity index (χ2n) is 4.38. The molecule has 4 nitrogen and oxygen atoms in total. The van der Waals surface area contributed by atoms with Crippen LogP contribution in [0.5, 0.6) is 0 Å². The number of aliphatic hydroxyl groups is 1. The third kappa shape index (κ3) is 3.63. The number of pyridine rings is 1. The number of nitrogens with one attached hydrogen (secondary N) is 1. The zero-order valence-corrected chi connectivity index (χ0v) is 10.7. The van der Waals surface area contributed by atoms with E-state index >= 15 is 0 Å². The van der Waals surface area contributed by atoms with Crippen molar-refractivity contribution in [2.75, 3.05) is 6.54 Å². The van der Waals surface area contributed by atoms with Gasteiger partial charge in [0.1, 0.15) is 0 Å². The molecule has 0 fully saturated rings. The normalized spacial score (nSPS) is 11.9. The van der Waals surface area contributed by atoms with Crippen molar-refractivity contribution >= 4 is 5.91 Å². The first-order valence-electron chi connectivity index (χ1n) is 6.09. The Kier molecular flexibility index (Phi) is 4.26. The fraction of sp³-hybridized carbons (Fsp3) is 0.200. The summed E-state index contributed by atoms with van der Waals surface area (Å²) in [6.07, 6.45) is 2.40. The number of aliphatic hydroxyl groups excluding tert-OH is 1. The molecule has 0 radical (unpaired) electrons. The average Bonchev–Trinajstić information content (AvgIpc) is 2.46. The highest BCUT2D eigenvalue weighted by atomic mass is 16.3. The summed E-state index contributed by atoms with van der Waals surface area (Å²) in [6, 6.07) is 11.0. The highest BCUT2D eigenvalue weighted by Crippen LogP contribution is 2.12. The minimum absolute atomic E-state index is 0.177. The van der Waals surface area contributed by atoms with Crippen LogP contribution in [0.2, 0.25) is 0 Å². The van der Waals surface area contributed by atoms with Crippen LogP contribution in [0.4, 0.5) is 0 Å². The van der Waals surface area contributed by atoms with Crippen LogP contribution >= 0.6 is 0 Å². The molecule has 0 aliphatic carbocycles. The SMILES string of the molecule is Cc1ccc(C(O)CNC(=O)c2cccnc2)cc1. The maximum Gasteiger partial charge on any atom is 0.252 e. The Morgan fingerprint density at radius 2 is 2.05 bits per heavy atom. The fourth-order valence-corrected chi connectivity index (χ4v) is 1.69. The van der Waals surface area contributed by atoms with Crippen LogP contribution in [0.3, 0.4) is 0 Å². The lowest BCUT2D eigenvalue weighted by molar-refractivity contribution is 0.0916. The van der Waals surface area contributed by atoms with Crippen LogP contribution in [0, 0.1) is 6.92 Å². The van der Waals surface area contributed by atoms with Crippen LogP contribution < -0.4 is 5.32 Å². The van der Waals surface area contributed by atoms with Crippen molar-refractivity contribution < 1.29 is 9.90 Å². The number of rotatable bonds is 4. The number of hydrogen-bond donors (Lipinski definition) is 2. The minimum atomic E-state index is -0.707. The summed E-state index contributed by atoms with van der Waals surface area (Å²) in [7, 11) is 0. The van der Waals surface area contributed by atoms with E-state index in [4.69, 9.17) is 0 Å². The molecule has 1 unspecified atom stereocenters. The van der Waals surface area contributed by atoms with Gasteiger partial charge in [-0.2, -0.15) is 0 Å². The van der Waals surface area contributed by atoms with Gasteiger partial charge in [0.2, 0.25) is 0 Å². The van der Waals surface area contributed by atoms with Crippen LogP contribution in [0.15, 0.2) is 48.8 Å². The van der Waals surface area contributed by atoms with E-state index in [-0.39, 0.29) is 12.5 Å². The van der Waals surface area contributed by atoms with Crippen LogP contribution in [0.1, 0.15) is 27.6 Å². The van der Waals surface area contributed by atoms with Gasteiger partial charge >= 0.3 is 0 Å². The Morgan fingerprint density at radius 1 is 1.32 bits per heavy atom. The van der Waals surface area contributed by atoms with Crippen LogP contribution in [-0.4, -0.2) is 22.5 Å². The zero-order valence-electron chi connectivity index (χ0n) is 10.7. The number of hydrogen-bond acceptors (Lipinski definition) is 3. The van der Waals surface area contributed by atoms with Crippen molar-refractivity contribution in [3.8, 4) is 0 Å². The lowest BCUT2D eigenvalue weighted by Crippen LogP contribution is -2.28. The lowest BCUT2D eigenvalue weighted by Gasteiger charge is -2.12. The minimum Gasteiger partial charge on any atom is -0.387 e. The smallest absolute Gasteiger partial charge is 0.252 e. The molecule has 1 heterocycles. The molecule has 0 aliphatic rings. The predicted molar refractivity (Wildman–Crippen MR) is 72.7 cm³/mol. The highest BCUT2D eigenvalue weighted by molar-refractivity contribution is 5.93. The third-order valence-electron chi connectivity index (χ3n) is 2.84. The monoisotopic (exact) mass is 256 g/mol. The molecule has 2 N–H and O–H groups in total. The summed E-state index contributed by atoms with van der Waals surface area (Å²) in [4.78, 5) is 15.6. The molecule has 1 amide bonds. The van der Waals surface area contributed by atoms with Crippen molar-refractivity contribution in [1.82, 2.24) is 10.3 Å². The van der Waals surface area contributed by atoms with E-state index in [0.717, 1.165) is 11.1 Å². The van der Waals surface area contributed by atoms with Gasteiger partial charge in [0, 0.05) is 18.9 Å². The number of carbonyl (C=O) groups is 1. The molecule has 0 saturated carbocycles. The summed E-state index contributed by atoms with van der Waals surface area (Å²) in [5.41, 5.74) is 2.41. The van der Waals surface area contributed by atoms with Crippen molar-refractivity contribution in [2.24, 2.45) is 0 Å². The summed E-state index contributed by atoms with van der Waals surface area (Å²) in [6.45, 7) is 2.16. The second kappa shape index (κ2) is 6.11. The van der Waals surface area contributed by atoms with Crippen LogP contribution in [0.25, 0.3) is 0 Å². The molecule has 19 heavy (non-hydrogen) atoms. The van der Waals surface area contributed by atoms with Crippen molar-refractivity contribution in [2.45, 2.75) is 13.0 Å². The molecular formula is C15H16N2O2. The maximum atomic E-state index is 11.8. The van der Waals surface area contributed by atoms with E-state index in [1.165, 1.54) is 6.20 Å². The highest BCUT2D eigenvalue weighted by Gasteiger charge is 2.10. The number of benzene rings is 1. The van der Waals surface area contributed by atoms with Gasteiger partial charge in [-0.1, -0.05) is 29.8 Å². The van der Waals surface area contributed by atoms with E-state index in [1.807, 2.05) is 31.2 Å². The molecule has 1 aromatic carbocycles. The van der Waals surface area contributed by atoms with E-state index in [9.17, 15) is 9.90 Å². The van der Waals surface area contributed by atoms with Crippen LogP contribution in [-0.2, 0) is 0 Å². The van der Waals surface area contributed by atoms with E-state index in [2.05, 4.69) is 10.3 Å². The molecular weight excluding hydrogens is 240 g/mol. The molecule has 0 bridgehead atoms. The second-order valence-corrected chi connectivity index (χ2v) is 4.38. The van der Waals surface area contributed by atoms with Crippen molar-refractivity contribution in [3.05, 3.63) is 65.5 Å². The molecule has 98 valence electrons. The quantitative estimate of drug-likeness (QED) is 0.877. The van der Waals surface area contributed by atoms with E-state index in [1.54, 1.807) is 18.3 Å². The molecule has 2 rings (SSSR count). The molecule has 0 aliphatic heterocycles.